The van der Waals surface area contributed by atoms with Gasteiger partial charge in [0.15, 0.2) is 0 Å². The van der Waals surface area contributed by atoms with Crippen LogP contribution in [0.2, 0.25) is 0 Å². The van der Waals surface area contributed by atoms with Crippen LogP contribution in [0.25, 0.3) is 0 Å². The van der Waals surface area contributed by atoms with E-state index in [2.05, 4.69) is 4.98 Å². The molecule has 0 N–H and O–H groups in total. The minimum Gasteiger partial charge on any atom is -0.376 e. The number of aryl methyl sites for hydroxylation is 1. The summed E-state index contributed by atoms with van der Waals surface area (Å²) in [6.45, 7) is 4.60. The van der Waals surface area contributed by atoms with Crippen LogP contribution in [-0.2, 0) is 26.3 Å². The maximum atomic E-state index is 12.1. The van der Waals surface area contributed by atoms with Gasteiger partial charge in [-0.2, -0.15) is 0 Å². The summed E-state index contributed by atoms with van der Waals surface area (Å²) in [6, 6.07) is 0. The Hall–Kier alpha value is -1.73. The molecule has 1 atom stereocenters. The largest absolute Gasteiger partial charge is 0.376 e. The molecule has 7 heteroatoms. The Morgan fingerprint density at radius 2 is 2.22 bits per heavy atom. The van der Waals surface area contributed by atoms with Gasteiger partial charge in [-0.15, -0.1) is 0 Å². The van der Waals surface area contributed by atoms with Crippen molar-refractivity contribution in [3.8, 4) is 0 Å². The Bertz CT molecular complexity index is 620. The lowest BCUT2D eigenvalue weighted by atomic mass is 9.80. The third kappa shape index (κ3) is 2.79. The molecule has 1 amide bonds. The second kappa shape index (κ2) is 6.05. The number of carbonyl (C=O) groups excluding carboxylic acids is 1. The van der Waals surface area contributed by atoms with Crippen molar-refractivity contribution < 1.29 is 14.3 Å². The maximum Gasteiger partial charge on any atom is 0.248 e. The van der Waals surface area contributed by atoms with E-state index in [0.29, 0.717) is 32.3 Å². The van der Waals surface area contributed by atoms with Crippen LogP contribution in [0, 0.1) is 6.92 Å². The Labute approximate surface area is 136 Å². The van der Waals surface area contributed by atoms with Crippen LogP contribution in [0.1, 0.15) is 23.4 Å². The Morgan fingerprint density at radius 1 is 1.43 bits per heavy atom. The van der Waals surface area contributed by atoms with E-state index in [0.717, 1.165) is 23.4 Å². The van der Waals surface area contributed by atoms with Gasteiger partial charge in [0.05, 0.1) is 24.3 Å². The van der Waals surface area contributed by atoms with Gasteiger partial charge in [0, 0.05) is 45.6 Å². The van der Waals surface area contributed by atoms with Crippen molar-refractivity contribution in [2.24, 2.45) is 0 Å². The first-order chi connectivity index (χ1) is 11.0. The summed E-state index contributed by atoms with van der Waals surface area (Å²) in [5.74, 6) is 0.735. The van der Waals surface area contributed by atoms with Crippen molar-refractivity contribution in [2.45, 2.75) is 25.4 Å². The van der Waals surface area contributed by atoms with E-state index in [1.54, 1.807) is 7.11 Å². The second-order valence-electron chi connectivity index (χ2n) is 6.60. The predicted molar refractivity (Wildman–Crippen MR) is 85.5 cm³/mol. The fourth-order valence-electron chi connectivity index (χ4n) is 3.42. The molecule has 0 bridgehead atoms. The van der Waals surface area contributed by atoms with Crippen LogP contribution in [0.15, 0.2) is 0 Å². The van der Waals surface area contributed by atoms with Gasteiger partial charge in [-0.3, -0.25) is 4.79 Å². The summed E-state index contributed by atoms with van der Waals surface area (Å²) >= 11 is 0. The molecule has 1 saturated heterocycles. The molecule has 3 heterocycles. The van der Waals surface area contributed by atoms with E-state index >= 15 is 0 Å². The van der Waals surface area contributed by atoms with Gasteiger partial charge < -0.3 is 19.3 Å². The molecule has 0 aliphatic carbocycles. The topological polar surface area (TPSA) is 67.8 Å². The van der Waals surface area contributed by atoms with E-state index in [1.807, 2.05) is 30.8 Å². The smallest absolute Gasteiger partial charge is 0.248 e. The van der Waals surface area contributed by atoms with Crippen LogP contribution in [0.3, 0.4) is 0 Å². The second-order valence-corrected chi connectivity index (χ2v) is 6.60. The van der Waals surface area contributed by atoms with Gasteiger partial charge in [0.2, 0.25) is 11.9 Å². The highest BCUT2D eigenvalue weighted by Crippen LogP contribution is 2.40. The fraction of sp³-hybridized carbons (Fsp3) is 0.688. The van der Waals surface area contributed by atoms with Crippen LogP contribution in [-0.4, -0.2) is 68.3 Å². The lowest BCUT2D eigenvalue weighted by Crippen LogP contribution is -2.43. The summed E-state index contributed by atoms with van der Waals surface area (Å²) in [6.07, 6.45) is 0.860. The molecule has 0 radical (unpaired) electrons. The van der Waals surface area contributed by atoms with Crippen LogP contribution in [0.5, 0.6) is 0 Å². The third-order valence-electron chi connectivity index (χ3n) is 4.70. The average Bonchev–Trinajstić information content (AvgIpc) is 2.93. The fourth-order valence-corrected chi connectivity index (χ4v) is 3.42. The van der Waals surface area contributed by atoms with Crippen molar-refractivity contribution in [3.05, 3.63) is 17.0 Å². The summed E-state index contributed by atoms with van der Waals surface area (Å²) < 4.78 is 10.8. The number of methoxy groups -OCH3 is 1. The van der Waals surface area contributed by atoms with Crippen molar-refractivity contribution in [2.75, 3.05) is 52.4 Å². The molecule has 3 rings (SSSR count). The normalized spacial score (nSPS) is 23.2. The monoisotopic (exact) mass is 320 g/mol. The third-order valence-corrected chi connectivity index (χ3v) is 4.70. The number of fused-ring (bicyclic) bond motifs is 2. The van der Waals surface area contributed by atoms with Crippen LogP contribution < -0.4 is 4.90 Å². The highest BCUT2D eigenvalue weighted by atomic mass is 16.5. The summed E-state index contributed by atoms with van der Waals surface area (Å²) in [5.41, 5.74) is 2.85. The lowest BCUT2D eigenvalue weighted by molar-refractivity contribution is -0.134. The zero-order valence-corrected chi connectivity index (χ0v) is 14.3. The van der Waals surface area contributed by atoms with Gasteiger partial charge >= 0.3 is 0 Å². The highest BCUT2D eigenvalue weighted by molar-refractivity contribution is 5.78. The summed E-state index contributed by atoms with van der Waals surface area (Å²) in [5, 5.41) is 0. The average molecular weight is 320 g/mol. The van der Waals surface area contributed by atoms with Gasteiger partial charge in [0.25, 0.3) is 0 Å². The molecule has 1 aromatic rings. The molecule has 0 saturated carbocycles. The number of nitrogens with zero attached hydrogens (tertiary/aromatic N) is 4. The van der Waals surface area contributed by atoms with Gasteiger partial charge in [-0.05, 0) is 13.3 Å². The SMILES string of the molecule is COCC(=O)N1CC[C@]2(COCc3c(C)nc(N(C)C)nc32)C1. The Kier molecular flexibility index (Phi) is 4.25. The minimum atomic E-state index is -0.227. The first kappa shape index (κ1) is 16.1. The number of ether oxygens (including phenoxy) is 2. The Balaban J connectivity index is 1.97. The molecule has 0 aromatic carbocycles. The van der Waals surface area contributed by atoms with Crippen molar-refractivity contribution in [1.29, 1.82) is 0 Å². The number of rotatable bonds is 3. The Morgan fingerprint density at radius 3 is 2.91 bits per heavy atom. The number of aromatic nitrogens is 2. The lowest BCUT2D eigenvalue weighted by Gasteiger charge is -2.35. The van der Waals surface area contributed by atoms with Gasteiger partial charge in [0.1, 0.15) is 6.61 Å². The maximum absolute atomic E-state index is 12.1. The minimum absolute atomic E-state index is 0.0232. The molecule has 23 heavy (non-hydrogen) atoms. The van der Waals surface area contributed by atoms with Crippen molar-refractivity contribution >= 4 is 11.9 Å². The van der Waals surface area contributed by atoms with Crippen molar-refractivity contribution in [3.63, 3.8) is 0 Å². The molecule has 1 spiro atoms. The van der Waals surface area contributed by atoms with Gasteiger partial charge in [-0.25, -0.2) is 9.97 Å². The first-order valence-electron chi connectivity index (χ1n) is 7.86. The number of hydrogen-bond donors (Lipinski definition) is 0. The number of hydrogen-bond acceptors (Lipinski definition) is 6. The molecule has 1 aromatic heterocycles. The summed E-state index contributed by atoms with van der Waals surface area (Å²) in [7, 11) is 5.43. The number of anilines is 1. The quantitative estimate of drug-likeness (QED) is 0.808. The molecule has 1 fully saturated rings. The molecule has 7 nitrogen and oxygen atoms in total. The molecule has 0 unspecified atom stereocenters. The molecule has 2 aliphatic rings. The van der Waals surface area contributed by atoms with Crippen molar-refractivity contribution in [1.82, 2.24) is 14.9 Å². The summed E-state index contributed by atoms with van der Waals surface area (Å²) in [4.78, 5) is 25.3. The van der Waals surface area contributed by atoms with Crippen LogP contribution in [0.4, 0.5) is 5.95 Å². The molecular weight excluding hydrogens is 296 g/mol. The van der Waals surface area contributed by atoms with E-state index < -0.39 is 0 Å². The standard InChI is InChI=1S/C16H24N4O3/c1-11-12-7-23-10-16(14(12)18-15(17-11)19(2)3)5-6-20(9-16)13(21)8-22-4/h5-10H2,1-4H3/t16-/m1/s1. The highest BCUT2D eigenvalue weighted by Gasteiger charge is 2.46. The molecule has 2 aliphatic heterocycles. The van der Waals surface area contributed by atoms with Gasteiger partial charge in [-0.1, -0.05) is 0 Å². The molecule has 126 valence electrons. The number of likely N-dealkylation sites (tertiary alicyclic amines) is 1. The van der Waals surface area contributed by atoms with Crippen LogP contribution >= 0.6 is 0 Å². The first-order valence-corrected chi connectivity index (χ1v) is 7.86. The number of amides is 1. The van der Waals surface area contributed by atoms with E-state index in [9.17, 15) is 4.79 Å². The predicted octanol–water partition coefficient (Wildman–Crippen LogP) is 0.498. The van der Waals surface area contributed by atoms with E-state index in [-0.39, 0.29) is 17.9 Å². The molecular formula is C16H24N4O3. The van der Waals surface area contributed by atoms with E-state index in [1.165, 1.54) is 0 Å². The number of carbonyl (C=O) groups is 1. The zero-order chi connectivity index (χ0) is 16.6. The zero-order valence-electron chi connectivity index (χ0n) is 14.3. The van der Waals surface area contributed by atoms with E-state index in [4.69, 9.17) is 14.5 Å².